The number of rotatable bonds is 6. The zero-order valence-corrected chi connectivity index (χ0v) is 13.2. The Morgan fingerprint density at radius 1 is 1.45 bits per heavy atom. The van der Waals surface area contributed by atoms with Gasteiger partial charge in [-0.2, -0.15) is 0 Å². The summed E-state index contributed by atoms with van der Waals surface area (Å²) >= 11 is 3.20. The van der Waals surface area contributed by atoms with Crippen LogP contribution in [0.2, 0.25) is 0 Å². The molecule has 7 nitrogen and oxygen atoms in total. The lowest BCUT2D eigenvalue weighted by Gasteiger charge is -2.07. The number of hydrogen-bond donors (Lipinski definition) is 4. The lowest BCUT2D eigenvalue weighted by atomic mass is 10.1. The van der Waals surface area contributed by atoms with Crippen molar-refractivity contribution in [3.8, 4) is 5.75 Å². The van der Waals surface area contributed by atoms with Crippen molar-refractivity contribution >= 4 is 27.5 Å². The molecule has 1 aromatic carbocycles. The van der Waals surface area contributed by atoms with Gasteiger partial charge in [0.1, 0.15) is 11.5 Å². The highest BCUT2D eigenvalue weighted by molar-refractivity contribution is 9.10. The van der Waals surface area contributed by atoms with Crippen LogP contribution in [0.25, 0.3) is 0 Å². The van der Waals surface area contributed by atoms with Crippen LogP contribution in [0.3, 0.4) is 0 Å². The van der Waals surface area contributed by atoms with Gasteiger partial charge >= 0.3 is 0 Å². The van der Waals surface area contributed by atoms with Crippen LogP contribution in [0.4, 0.5) is 0 Å². The molecule has 0 aliphatic rings. The van der Waals surface area contributed by atoms with Crippen LogP contribution in [-0.2, 0) is 17.6 Å². The average Bonchev–Trinajstić information content (AvgIpc) is 3.01. The minimum absolute atomic E-state index is 0.00204. The number of aromatic hydroxyl groups is 1. The van der Waals surface area contributed by atoms with Gasteiger partial charge in [0, 0.05) is 31.3 Å². The molecule has 0 unspecified atom stereocenters. The van der Waals surface area contributed by atoms with Gasteiger partial charge in [0.15, 0.2) is 0 Å². The van der Waals surface area contributed by atoms with E-state index in [2.05, 4.69) is 36.4 Å². The van der Waals surface area contributed by atoms with Gasteiger partial charge in [0.05, 0.1) is 10.8 Å². The molecule has 0 bridgehead atoms. The number of phenolic OH excluding ortho intramolecular Hbond substituents is 1. The predicted octanol–water partition coefficient (Wildman–Crippen LogP) is 1.61. The Hall–Kier alpha value is -2.35. The van der Waals surface area contributed by atoms with Crippen LogP contribution in [0.15, 0.2) is 40.4 Å². The van der Waals surface area contributed by atoms with Crippen LogP contribution in [0.1, 0.15) is 11.3 Å². The van der Waals surface area contributed by atoms with Crippen molar-refractivity contribution in [2.45, 2.75) is 12.8 Å². The molecule has 1 amide bonds. The molecule has 0 saturated carbocycles. The van der Waals surface area contributed by atoms with E-state index in [1.165, 1.54) is 6.07 Å². The maximum atomic E-state index is 12.0. The van der Waals surface area contributed by atoms with E-state index in [0.717, 1.165) is 11.3 Å². The molecule has 0 radical (unpaired) electrons. The molecule has 8 heteroatoms. The Labute approximate surface area is 135 Å². The van der Waals surface area contributed by atoms with E-state index in [0.29, 0.717) is 17.4 Å². The summed E-state index contributed by atoms with van der Waals surface area (Å²) < 4.78 is 0.516. The standard InChI is InChI=1S/C14H15BrN4O3/c15-11-5-9(1-2-13(11)20)6-12(19-22)14(21)17-4-3-10-7-16-8-18-10/h1-2,5,7-8,20,22H,3-4,6H2,(H,16,18)(H,17,21)/b19-12+. The topological polar surface area (TPSA) is 111 Å². The van der Waals surface area contributed by atoms with Crippen LogP contribution in [0.5, 0.6) is 5.75 Å². The normalized spacial score (nSPS) is 11.4. The Bertz CT molecular complexity index is 671. The zero-order valence-electron chi connectivity index (χ0n) is 11.6. The number of halogens is 1. The first-order chi connectivity index (χ1) is 10.6. The molecule has 22 heavy (non-hydrogen) atoms. The molecule has 0 atom stereocenters. The van der Waals surface area contributed by atoms with Crippen molar-refractivity contribution in [3.63, 3.8) is 0 Å². The van der Waals surface area contributed by atoms with Gasteiger partial charge in [-0.25, -0.2) is 4.98 Å². The smallest absolute Gasteiger partial charge is 0.269 e. The number of nitrogens with one attached hydrogen (secondary N) is 2. The van der Waals surface area contributed by atoms with Gasteiger partial charge in [-0.1, -0.05) is 11.2 Å². The van der Waals surface area contributed by atoms with Crippen molar-refractivity contribution in [2.75, 3.05) is 6.54 Å². The fraction of sp³-hybridized carbons (Fsp3) is 0.214. The molecule has 0 aliphatic carbocycles. The van der Waals surface area contributed by atoms with Gasteiger partial charge in [0.2, 0.25) is 0 Å². The largest absolute Gasteiger partial charge is 0.507 e. The summed E-state index contributed by atoms with van der Waals surface area (Å²) in [7, 11) is 0. The van der Waals surface area contributed by atoms with Crippen molar-refractivity contribution in [2.24, 2.45) is 5.16 Å². The second-order valence-corrected chi connectivity index (χ2v) is 5.45. The number of phenols is 1. The first kappa shape index (κ1) is 16.0. The number of hydrogen-bond acceptors (Lipinski definition) is 5. The second-order valence-electron chi connectivity index (χ2n) is 4.59. The Morgan fingerprint density at radius 3 is 2.91 bits per heavy atom. The summed E-state index contributed by atoms with van der Waals surface area (Å²) in [4.78, 5) is 18.8. The monoisotopic (exact) mass is 366 g/mol. The van der Waals surface area contributed by atoms with Crippen molar-refractivity contribution in [1.29, 1.82) is 0 Å². The Balaban J connectivity index is 1.90. The quantitative estimate of drug-likeness (QED) is 0.353. The fourth-order valence-electron chi connectivity index (χ4n) is 1.85. The maximum Gasteiger partial charge on any atom is 0.269 e. The zero-order chi connectivity index (χ0) is 15.9. The minimum Gasteiger partial charge on any atom is -0.507 e. The highest BCUT2D eigenvalue weighted by Gasteiger charge is 2.13. The highest BCUT2D eigenvalue weighted by Crippen LogP contribution is 2.24. The lowest BCUT2D eigenvalue weighted by Crippen LogP contribution is -2.33. The summed E-state index contributed by atoms with van der Waals surface area (Å²) in [5, 5.41) is 24.2. The van der Waals surface area contributed by atoms with Crippen LogP contribution in [-0.4, -0.2) is 38.4 Å². The van der Waals surface area contributed by atoms with Crippen molar-refractivity contribution in [3.05, 3.63) is 46.5 Å². The molecule has 1 heterocycles. The highest BCUT2D eigenvalue weighted by atomic mass is 79.9. The number of amides is 1. The number of aromatic amines is 1. The minimum atomic E-state index is -0.439. The van der Waals surface area contributed by atoms with E-state index in [1.54, 1.807) is 24.7 Å². The summed E-state index contributed by atoms with van der Waals surface area (Å²) in [5.41, 5.74) is 1.65. The van der Waals surface area contributed by atoms with Crippen LogP contribution in [0, 0.1) is 0 Å². The third-order valence-electron chi connectivity index (χ3n) is 3.00. The first-order valence-corrected chi connectivity index (χ1v) is 7.33. The first-order valence-electron chi connectivity index (χ1n) is 6.54. The molecular formula is C14H15BrN4O3. The number of nitrogens with zero attached hydrogens (tertiary/aromatic N) is 2. The van der Waals surface area contributed by atoms with Crippen molar-refractivity contribution in [1.82, 2.24) is 15.3 Å². The van der Waals surface area contributed by atoms with Gasteiger partial charge in [-0.05, 0) is 33.6 Å². The van der Waals surface area contributed by atoms with E-state index in [4.69, 9.17) is 5.21 Å². The van der Waals surface area contributed by atoms with Crippen LogP contribution >= 0.6 is 15.9 Å². The van der Waals surface area contributed by atoms with Crippen molar-refractivity contribution < 1.29 is 15.1 Å². The number of carbonyl (C=O) groups is 1. The third kappa shape index (κ3) is 4.32. The van der Waals surface area contributed by atoms with E-state index < -0.39 is 5.91 Å². The maximum absolute atomic E-state index is 12.0. The molecule has 0 aliphatic heterocycles. The second kappa shape index (κ2) is 7.60. The molecule has 0 spiro atoms. The summed E-state index contributed by atoms with van der Waals surface area (Å²) in [6.07, 6.45) is 4.02. The molecule has 0 saturated heterocycles. The van der Waals surface area contributed by atoms with E-state index >= 15 is 0 Å². The molecule has 2 rings (SSSR count). The van der Waals surface area contributed by atoms with Gasteiger partial charge in [0.25, 0.3) is 5.91 Å². The summed E-state index contributed by atoms with van der Waals surface area (Å²) in [6.45, 7) is 0.402. The third-order valence-corrected chi connectivity index (χ3v) is 3.64. The molecule has 2 aromatic rings. The van der Waals surface area contributed by atoms with Gasteiger partial charge < -0.3 is 20.6 Å². The van der Waals surface area contributed by atoms with Crippen LogP contribution < -0.4 is 5.32 Å². The molecular weight excluding hydrogens is 352 g/mol. The number of oxime groups is 1. The fourth-order valence-corrected chi connectivity index (χ4v) is 2.28. The number of benzene rings is 1. The lowest BCUT2D eigenvalue weighted by molar-refractivity contribution is -0.115. The number of aromatic nitrogens is 2. The van der Waals surface area contributed by atoms with Gasteiger partial charge in [-0.15, -0.1) is 0 Å². The van der Waals surface area contributed by atoms with Gasteiger partial charge in [-0.3, -0.25) is 4.79 Å². The average molecular weight is 367 g/mol. The summed E-state index contributed by atoms with van der Waals surface area (Å²) in [5.74, 6) is -0.332. The Kier molecular flexibility index (Phi) is 5.54. The number of H-pyrrole nitrogens is 1. The SMILES string of the molecule is O=C(NCCc1cnc[nH]1)/C(Cc1ccc(O)c(Br)c1)=N/O. The van der Waals surface area contributed by atoms with E-state index in [-0.39, 0.29) is 17.9 Å². The molecule has 0 fully saturated rings. The molecule has 4 N–H and O–H groups in total. The molecule has 116 valence electrons. The van der Waals surface area contributed by atoms with E-state index in [1.807, 2.05) is 0 Å². The Morgan fingerprint density at radius 2 is 2.27 bits per heavy atom. The summed E-state index contributed by atoms with van der Waals surface area (Å²) in [6, 6.07) is 4.83. The van der Waals surface area contributed by atoms with E-state index in [9.17, 15) is 9.90 Å². The number of imidazole rings is 1. The predicted molar refractivity (Wildman–Crippen MR) is 84.0 cm³/mol. The molecule has 1 aromatic heterocycles. The number of carbonyl (C=O) groups excluding carboxylic acids is 1.